The van der Waals surface area contributed by atoms with Crippen molar-refractivity contribution < 1.29 is 37.0 Å². The van der Waals surface area contributed by atoms with Crippen LogP contribution in [0.5, 0.6) is 5.75 Å². The number of nitrogens with one attached hydrogen (secondary N) is 2. The minimum absolute atomic E-state index is 0.202. The lowest BCUT2D eigenvalue weighted by Gasteiger charge is -2.36. The van der Waals surface area contributed by atoms with Crippen molar-refractivity contribution >= 4 is 29.3 Å². The summed E-state index contributed by atoms with van der Waals surface area (Å²) in [5, 5.41) is 4.69. The van der Waals surface area contributed by atoms with E-state index in [-0.39, 0.29) is 36.1 Å². The Morgan fingerprint density at radius 3 is 2.73 bits per heavy atom. The Kier molecular flexibility index (Phi) is 7.25. The molecule has 0 radical (unpaired) electrons. The van der Waals surface area contributed by atoms with Crippen LogP contribution in [0.1, 0.15) is 43.2 Å². The number of anilines is 3. The number of hydrogen-bond donors (Lipinski definition) is 2. The first-order valence-electron chi connectivity index (χ1n) is 13.0. The minimum Gasteiger partial charge on any atom is -0.489 e. The van der Waals surface area contributed by atoms with Gasteiger partial charge in [0.2, 0.25) is 0 Å². The summed E-state index contributed by atoms with van der Waals surface area (Å²) in [6.07, 6.45) is -2.66. The van der Waals surface area contributed by atoms with Gasteiger partial charge >= 0.3 is 12.2 Å². The predicted octanol–water partition coefficient (Wildman–Crippen LogP) is 3.63. The van der Waals surface area contributed by atoms with Crippen LogP contribution >= 0.6 is 0 Å². The smallest absolute Gasteiger partial charge is 0.408 e. The number of aryl methyl sites for hydroxylation is 1. The van der Waals surface area contributed by atoms with Crippen molar-refractivity contribution in [3.8, 4) is 5.75 Å². The van der Waals surface area contributed by atoms with Gasteiger partial charge in [-0.15, -0.1) is 0 Å². The molecule has 40 heavy (non-hydrogen) atoms. The van der Waals surface area contributed by atoms with Crippen LogP contribution < -0.4 is 25.2 Å². The number of aromatic nitrogens is 2. The van der Waals surface area contributed by atoms with Crippen molar-refractivity contribution in [2.24, 2.45) is 0 Å². The molecular formula is C26H31F3N6O5. The fourth-order valence-electron chi connectivity index (χ4n) is 5.01. The van der Waals surface area contributed by atoms with Crippen molar-refractivity contribution in [1.82, 2.24) is 15.3 Å². The van der Waals surface area contributed by atoms with E-state index in [1.807, 2.05) is 19.2 Å². The van der Waals surface area contributed by atoms with E-state index < -0.39 is 29.9 Å². The van der Waals surface area contributed by atoms with Gasteiger partial charge in [0.1, 0.15) is 36.0 Å². The maximum absolute atomic E-state index is 13.5. The number of urea groups is 1. The summed E-state index contributed by atoms with van der Waals surface area (Å²) in [6, 6.07) is 1.90. The van der Waals surface area contributed by atoms with Gasteiger partial charge in [-0.2, -0.15) is 13.2 Å². The molecule has 5 heterocycles. The molecule has 2 unspecified atom stereocenters. The highest BCUT2D eigenvalue weighted by molar-refractivity contribution is 6.05. The topological polar surface area (TPSA) is 118 Å². The van der Waals surface area contributed by atoms with Crippen molar-refractivity contribution in [1.29, 1.82) is 0 Å². The molecule has 3 atom stereocenters. The van der Waals surface area contributed by atoms with E-state index in [2.05, 4.69) is 20.2 Å². The summed E-state index contributed by atoms with van der Waals surface area (Å²) in [7, 11) is 0. The molecule has 2 saturated heterocycles. The summed E-state index contributed by atoms with van der Waals surface area (Å²) in [6.45, 7) is 8.21. The molecule has 5 rings (SSSR count). The molecule has 216 valence electrons. The van der Waals surface area contributed by atoms with Crippen LogP contribution in [0.3, 0.4) is 0 Å². The number of amides is 3. The minimum atomic E-state index is -4.60. The molecule has 0 aromatic carbocycles. The third kappa shape index (κ3) is 5.77. The SMILES string of the molecule is Cc1cc(C(=O)NC(C)C(F)(F)F)nc2c1N1CC[C@@H](C1)N2C(=O)Nc1ccc(OCC2COC(C)(C)O2)cn1. The maximum Gasteiger partial charge on any atom is 0.408 e. The average molecular weight is 565 g/mol. The highest BCUT2D eigenvalue weighted by Gasteiger charge is 2.42. The van der Waals surface area contributed by atoms with Crippen LogP contribution in [0, 0.1) is 6.92 Å². The fraction of sp³-hybridized carbons (Fsp3) is 0.538. The van der Waals surface area contributed by atoms with Gasteiger partial charge in [-0.25, -0.2) is 14.8 Å². The van der Waals surface area contributed by atoms with Crippen LogP contribution in [0.25, 0.3) is 0 Å². The lowest BCUT2D eigenvalue weighted by Crippen LogP contribution is -2.49. The molecule has 11 nitrogen and oxygen atoms in total. The number of pyridine rings is 2. The van der Waals surface area contributed by atoms with Gasteiger partial charge < -0.3 is 24.4 Å². The molecule has 0 aliphatic carbocycles. The monoisotopic (exact) mass is 564 g/mol. The van der Waals surface area contributed by atoms with E-state index in [0.29, 0.717) is 43.1 Å². The normalized spacial score (nSPS) is 22.1. The van der Waals surface area contributed by atoms with Gasteiger partial charge in [0.05, 0.1) is 24.5 Å². The van der Waals surface area contributed by atoms with E-state index in [1.54, 1.807) is 19.1 Å². The second-order valence-electron chi connectivity index (χ2n) is 10.6. The van der Waals surface area contributed by atoms with E-state index in [1.165, 1.54) is 17.2 Å². The van der Waals surface area contributed by atoms with Crippen LogP contribution in [0.15, 0.2) is 24.4 Å². The van der Waals surface area contributed by atoms with Crippen molar-refractivity contribution in [2.45, 2.75) is 64.3 Å². The number of ether oxygens (including phenoxy) is 3. The first-order valence-corrected chi connectivity index (χ1v) is 13.0. The molecule has 2 fully saturated rings. The highest BCUT2D eigenvalue weighted by Crippen LogP contribution is 2.41. The number of fused-ring (bicyclic) bond motifs is 4. The van der Waals surface area contributed by atoms with Crippen molar-refractivity contribution in [3.05, 3.63) is 35.7 Å². The first kappa shape index (κ1) is 27.9. The number of halogens is 3. The van der Waals surface area contributed by atoms with Crippen LogP contribution in [-0.2, 0) is 9.47 Å². The highest BCUT2D eigenvalue weighted by atomic mass is 19.4. The summed E-state index contributed by atoms with van der Waals surface area (Å²) in [5.41, 5.74) is 1.10. The Balaban J connectivity index is 1.30. The summed E-state index contributed by atoms with van der Waals surface area (Å²) in [4.78, 5) is 38.3. The molecule has 2 bridgehead atoms. The third-order valence-corrected chi connectivity index (χ3v) is 7.00. The summed E-state index contributed by atoms with van der Waals surface area (Å²) in [5.74, 6) is -0.645. The van der Waals surface area contributed by atoms with E-state index >= 15 is 0 Å². The van der Waals surface area contributed by atoms with E-state index in [0.717, 1.165) is 6.92 Å². The van der Waals surface area contributed by atoms with Crippen molar-refractivity contribution in [3.63, 3.8) is 0 Å². The number of carbonyl (C=O) groups is 2. The molecule has 3 aliphatic rings. The van der Waals surface area contributed by atoms with Crippen LogP contribution in [0.2, 0.25) is 0 Å². The summed E-state index contributed by atoms with van der Waals surface area (Å²) < 4.78 is 56.0. The number of carbonyl (C=O) groups excluding carboxylic acids is 2. The number of rotatable bonds is 6. The Morgan fingerprint density at radius 1 is 1.30 bits per heavy atom. The lowest BCUT2D eigenvalue weighted by molar-refractivity contribution is -0.149. The van der Waals surface area contributed by atoms with Gasteiger partial charge in [-0.05, 0) is 57.9 Å². The van der Waals surface area contributed by atoms with Gasteiger partial charge in [0, 0.05) is 13.1 Å². The summed E-state index contributed by atoms with van der Waals surface area (Å²) >= 11 is 0. The predicted molar refractivity (Wildman–Crippen MR) is 139 cm³/mol. The van der Waals surface area contributed by atoms with Crippen LogP contribution in [0.4, 0.5) is 35.3 Å². The molecule has 2 aromatic rings. The molecule has 0 spiro atoms. The molecule has 3 aliphatic heterocycles. The zero-order chi connectivity index (χ0) is 28.8. The molecule has 2 aromatic heterocycles. The molecular weight excluding hydrogens is 533 g/mol. The molecule has 2 N–H and O–H groups in total. The van der Waals surface area contributed by atoms with E-state index in [9.17, 15) is 22.8 Å². The maximum atomic E-state index is 13.5. The average Bonchev–Trinajstić information content (AvgIpc) is 3.45. The van der Waals surface area contributed by atoms with Gasteiger partial charge in [-0.3, -0.25) is 15.0 Å². The standard InChI is InChI=1S/C26H31F3N6O5/c1-14-9-19(23(36)31-15(2)26(27,28)29)32-22-21(14)34-8-7-16(11-34)35(22)24(37)33-20-6-5-17(10-30-20)38-12-18-13-39-25(3,4)40-18/h5-6,9-10,15-16,18H,7-8,11-13H2,1-4H3,(H,31,36)(H,30,33,37)/t15?,16-,18?/m0/s1. The zero-order valence-corrected chi connectivity index (χ0v) is 22.5. The molecule has 3 amide bonds. The quantitative estimate of drug-likeness (QED) is 0.546. The zero-order valence-electron chi connectivity index (χ0n) is 22.5. The van der Waals surface area contributed by atoms with Crippen LogP contribution in [-0.4, -0.2) is 78.4 Å². The molecule has 0 saturated carbocycles. The lowest BCUT2D eigenvalue weighted by atomic mass is 10.1. The second-order valence-corrected chi connectivity index (χ2v) is 10.6. The first-order chi connectivity index (χ1) is 18.8. The Morgan fingerprint density at radius 2 is 2.08 bits per heavy atom. The number of hydrogen-bond acceptors (Lipinski definition) is 8. The Labute approximate surface area is 229 Å². The number of alkyl halides is 3. The largest absolute Gasteiger partial charge is 0.489 e. The second kappa shape index (κ2) is 10.4. The van der Waals surface area contributed by atoms with E-state index in [4.69, 9.17) is 14.2 Å². The fourth-order valence-corrected chi connectivity index (χ4v) is 5.01. The Hall–Kier alpha value is -3.65. The Bertz CT molecular complexity index is 1290. The van der Waals surface area contributed by atoms with Gasteiger partial charge in [0.25, 0.3) is 5.91 Å². The number of nitrogens with zero attached hydrogens (tertiary/aromatic N) is 4. The van der Waals surface area contributed by atoms with Gasteiger partial charge in [0.15, 0.2) is 11.6 Å². The van der Waals surface area contributed by atoms with Crippen molar-refractivity contribution in [2.75, 3.05) is 41.4 Å². The molecule has 14 heteroatoms. The van der Waals surface area contributed by atoms with Gasteiger partial charge in [-0.1, -0.05) is 0 Å². The third-order valence-electron chi connectivity index (χ3n) is 7.00.